The topological polar surface area (TPSA) is 38.9 Å². The number of rotatable bonds is 1. The molecule has 0 fully saturated rings. The molecule has 2 nitrogen and oxygen atoms in total. The molecule has 0 amide bonds. The summed E-state index contributed by atoms with van der Waals surface area (Å²) < 4.78 is 38.5. The molecular weight excluding hydrogens is 309 g/mol. The Morgan fingerprint density at radius 3 is 2.56 bits per heavy atom. The highest BCUT2D eigenvalue weighted by atomic mass is 79.9. The molecule has 1 aromatic carbocycles. The lowest BCUT2D eigenvalue weighted by atomic mass is 10.0. The summed E-state index contributed by atoms with van der Waals surface area (Å²) in [6, 6.07) is 6.62. The van der Waals surface area contributed by atoms with Gasteiger partial charge in [-0.15, -0.1) is 0 Å². The number of benzene rings is 1. The summed E-state index contributed by atoms with van der Waals surface area (Å²) in [5.74, 6) is 0.192. The standard InChI is InChI=1S/C12H8BrF3N2/c13-9-5-10(11(17)18-6-9)7-2-1-3-8(4-7)12(14,15)16/h1-6H,(H2,17,18). The number of halogens is 4. The van der Waals surface area contributed by atoms with Gasteiger partial charge in [-0.1, -0.05) is 12.1 Å². The second kappa shape index (κ2) is 4.61. The van der Waals surface area contributed by atoms with E-state index in [1.807, 2.05) is 0 Å². The monoisotopic (exact) mass is 316 g/mol. The second-order valence-corrected chi connectivity index (χ2v) is 4.58. The van der Waals surface area contributed by atoms with Gasteiger partial charge in [0.05, 0.1) is 5.56 Å². The zero-order chi connectivity index (χ0) is 13.3. The third-order valence-electron chi connectivity index (χ3n) is 2.39. The predicted octanol–water partition coefficient (Wildman–Crippen LogP) is 4.11. The number of nitrogens with zero attached hydrogens (tertiary/aromatic N) is 1. The van der Waals surface area contributed by atoms with Crippen molar-refractivity contribution in [3.8, 4) is 11.1 Å². The molecule has 2 N–H and O–H groups in total. The summed E-state index contributed by atoms with van der Waals surface area (Å²) in [6.45, 7) is 0. The van der Waals surface area contributed by atoms with Gasteiger partial charge in [0.1, 0.15) is 5.82 Å². The average Bonchev–Trinajstić information content (AvgIpc) is 2.31. The molecule has 0 aliphatic rings. The predicted molar refractivity (Wildman–Crippen MR) is 66.8 cm³/mol. The van der Waals surface area contributed by atoms with Crippen molar-refractivity contribution in [3.05, 3.63) is 46.6 Å². The number of aromatic nitrogens is 1. The molecule has 0 aliphatic heterocycles. The van der Waals surface area contributed by atoms with Crippen LogP contribution < -0.4 is 5.73 Å². The van der Waals surface area contributed by atoms with Crippen LogP contribution in [0.4, 0.5) is 19.0 Å². The van der Waals surface area contributed by atoms with Crippen LogP contribution in [0.2, 0.25) is 0 Å². The molecule has 2 aromatic rings. The summed E-state index contributed by atoms with van der Waals surface area (Å²) in [5, 5.41) is 0. The van der Waals surface area contributed by atoms with E-state index in [0.29, 0.717) is 15.6 Å². The van der Waals surface area contributed by atoms with E-state index in [1.165, 1.54) is 12.3 Å². The van der Waals surface area contributed by atoms with E-state index in [0.717, 1.165) is 12.1 Å². The summed E-state index contributed by atoms with van der Waals surface area (Å²) in [4.78, 5) is 3.90. The van der Waals surface area contributed by atoms with Crippen LogP contribution in [0.5, 0.6) is 0 Å². The first-order chi connectivity index (χ1) is 8.38. The van der Waals surface area contributed by atoms with Gasteiger partial charge in [-0.05, 0) is 39.7 Å². The van der Waals surface area contributed by atoms with Crippen molar-refractivity contribution in [1.82, 2.24) is 4.98 Å². The van der Waals surface area contributed by atoms with Crippen molar-refractivity contribution in [2.45, 2.75) is 6.18 Å². The Labute approximate surface area is 110 Å². The Hall–Kier alpha value is -1.56. The number of anilines is 1. The first-order valence-electron chi connectivity index (χ1n) is 4.96. The van der Waals surface area contributed by atoms with E-state index in [1.54, 1.807) is 12.1 Å². The van der Waals surface area contributed by atoms with Gasteiger partial charge in [0.2, 0.25) is 0 Å². The van der Waals surface area contributed by atoms with Crippen LogP contribution in [0.1, 0.15) is 5.56 Å². The highest BCUT2D eigenvalue weighted by molar-refractivity contribution is 9.10. The molecular formula is C12H8BrF3N2. The van der Waals surface area contributed by atoms with Crippen LogP contribution in [0.3, 0.4) is 0 Å². The van der Waals surface area contributed by atoms with Crippen LogP contribution in [-0.2, 0) is 6.18 Å². The van der Waals surface area contributed by atoms with Crippen molar-refractivity contribution < 1.29 is 13.2 Å². The number of hydrogen-bond donors (Lipinski definition) is 1. The van der Waals surface area contributed by atoms with Gasteiger partial charge >= 0.3 is 6.18 Å². The molecule has 0 bridgehead atoms. The third kappa shape index (κ3) is 2.64. The van der Waals surface area contributed by atoms with Crippen molar-refractivity contribution in [3.63, 3.8) is 0 Å². The van der Waals surface area contributed by atoms with E-state index in [4.69, 9.17) is 5.73 Å². The van der Waals surface area contributed by atoms with Gasteiger partial charge in [0, 0.05) is 16.2 Å². The van der Waals surface area contributed by atoms with E-state index in [9.17, 15) is 13.2 Å². The smallest absolute Gasteiger partial charge is 0.383 e. The maximum absolute atomic E-state index is 12.6. The van der Waals surface area contributed by atoms with E-state index in [2.05, 4.69) is 20.9 Å². The van der Waals surface area contributed by atoms with Crippen LogP contribution in [0, 0.1) is 0 Å². The molecule has 2 rings (SSSR count). The molecule has 18 heavy (non-hydrogen) atoms. The highest BCUT2D eigenvalue weighted by Gasteiger charge is 2.30. The fourth-order valence-corrected chi connectivity index (χ4v) is 1.88. The maximum atomic E-state index is 12.6. The van der Waals surface area contributed by atoms with Gasteiger partial charge in [0.25, 0.3) is 0 Å². The number of nitrogen functional groups attached to an aromatic ring is 1. The van der Waals surface area contributed by atoms with E-state index in [-0.39, 0.29) is 5.82 Å². The van der Waals surface area contributed by atoms with E-state index < -0.39 is 11.7 Å². The Balaban J connectivity index is 2.55. The Morgan fingerprint density at radius 2 is 1.89 bits per heavy atom. The molecule has 0 unspecified atom stereocenters. The summed E-state index contributed by atoms with van der Waals surface area (Å²) >= 11 is 3.21. The van der Waals surface area contributed by atoms with Crippen LogP contribution in [-0.4, -0.2) is 4.98 Å². The van der Waals surface area contributed by atoms with E-state index >= 15 is 0 Å². The Morgan fingerprint density at radius 1 is 1.17 bits per heavy atom. The zero-order valence-corrected chi connectivity index (χ0v) is 10.6. The molecule has 0 saturated carbocycles. The average molecular weight is 317 g/mol. The third-order valence-corrected chi connectivity index (χ3v) is 2.82. The number of hydrogen-bond acceptors (Lipinski definition) is 2. The van der Waals surface area contributed by atoms with Crippen LogP contribution in [0.15, 0.2) is 41.0 Å². The molecule has 0 atom stereocenters. The second-order valence-electron chi connectivity index (χ2n) is 3.66. The van der Waals surface area contributed by atoms with Gasteiger partial charge in [-0.2, -0.15) is 13.2 Å². The lowest BCUT2D eigenvalue weighted by Gasteiger charge is -2.10. The van der Waals surface area contributed by atoms with Crippen molar-refractivity contribution in [2.75, 3.05) is 5.73 Å². The van der Waals surface area contributed by atoms with Gasteiger partial charge in [-0.25, -0.2) is 4.98 Å². The lowest BCUT2D eigenvalue weighted by Crippen LogP contribution is -2.04. The summed E-state index contributed by atoms with van der Waals surface area (Å²) in [7, 11) is 0. The molecule has 1 heterocycles. The molecule has 94 valence electrons. The first-order valence-corrected chi connectivity index (χ1v) is 5.76. The fraction of sp³-hybridized carbons (Fsp3) is 0.0833. The molecule has 0 saturated heterocycles. The van der Waals surface area contributed by atoms with Crippen molar-refractivity contribution in [1.29, 1.82) is 0 Å². The molecule has 0 spiro atoms. The van der Waals surface area contributed by atoms with Gasteiger partial charge in [-0.3, -0.25) is 0 Å². The number of alkyl halides is 3. The summed E-state index contributed by atoms with van der Waals surface area (Å²) in [5.41, 5.74) is 5.81. The van der Waals surface area contributed by atoms with Crippen molar-refractivity contribution in [2.24, 2.45) is 0 Å². The molecule has 6 heteroatoms. The normalized spacial score (nSPS) is 11.6. The molecule has 0 aliphatic carbocycles. The van der Waals surface area contributed by atoms with Crippen LogP contribution >= 0.6 is 15.9 Å². The number of pyridine rings is 1. The minimum Gasteiger partial charge on any atom is -0.383 e. The number of nitrogens with two attached hydrogens (primary N) is 1. The lowest BCUT2D eigenvalue weighted by molar-refractivity contribution is -0.137. The fourth-order valence-electron chi connectivity index (χ4n) is 1.54. The first kappa shape index (κ1) is 12.9. The molecule has 1 aromatic heterocycles. The zero-order valence-electron chi connectivity index (χ0n) is 9.00. The Bertz CT molecular complexity index is 582. The van der Waals surface area contributed by atoms with Gasteiger partial charge < -0.3 is 5.73 Å². The quantitative estimate of drug-likeness (QED) is 0.859. The minimum atomic E-state index is -4.37. The Kier molecular flexibility index (Phi) is 3.30. The van der Waals surface area contributed by atoms with Gasteiger partial charge in [0.15, 0.2) is 0 Å². The highest BCUT2D eigenvalue weighted by Crippen LogP contribution is 2.34. The SMILES string of the molecule is Nc1ncc(Br)cc1-c1cccc(C(F)(F)F)c1. The maximum Gasteiger partial charge on any atom is 0.416 e. The van der Waals surface area contributed by atoms with Crippen LogP contribution in [0.25, 0.3) is 11.1 Å². The summed E-state index contributed by atoms with van der Waals surface area (Å²) in [6.07, 6.45) is -2.88. The largest absolute Gasteiger partial charge is 0.416 e. The molecule has 0 radical (unpaired) electrons. The minimum absolute atomic E-state index is 0.192. The van der Waals surface area contributed by atoms with Crippen molar-refractivity contribution >= 4 is 21.7 Å².